The van der Waals surface area contributed by atoms with Gasteiger partial charge in [0, 0.05) is 19.1 Å². The fraction of sp³-hybridized carbons (Fsp3) is 0.600. The van der Waals surface area contributed by atoms with E-state index in [2.05, 4.69) is 29.4 Å². The lowest BCUT2D eigenvalue weighted by atomic mass is 10.1. The van der Waals surface area contributed by atoms with Gasteiger partial charge in [-0.15, -0.1) is 0 Å². The predicted molar refractivity (Wildman–Crippen MR) is 74.6 cm³/mol. The molecule has 0 saturated heterocycles. The summed E-state index contributed by atoms with van der Waals surface area (Å²) in [6.07, 6.45) is 2.80. The normalized spacial score (nSPS) is 18.9. The van der Waals surface area contributed by atoms with E-state index in [1.54, 1.807) is 0 Å². The second-order valence-corrected chi connectivity index (χ2v) is 5.62. The SMILES string of the molecule is CNC(CN(C)CC1CC1)c1ccc2c(c1)OCO2. The number of nitrogens with zero attached hydrogens (tertiary/aromatic N) is 1. The highest BCUT2D eigenvalue weighted by Crippen LogP contribution is 2.34. The molecule has 19 heavy (non-hydrogen) atoms. The first-order chi connectivity index (χ1) is 9.26. The Morgan fingerprint density at radius 3 is 2.84 bits per heavy atom. The lowest BCUT2D eigenvalue weighted by Gasteiger charge is -2.24. The van der Waals surface area contributed by atoms with Crippen molar-refractivity contribution in [1.29, 1.82) is 0 Å². The van der Waals surface area contributed by atoms with Crippen LogP contribution in [0.1, 0.15) is 24.4 Å². The summed E-state index contributed by atoms with van der Waals surface area (Å²) < 4.78 is 10.8. The number of benzene rings is 1. The minimum atomic E-state index is 0.332. The van der Waals surface area contributed by atoms with Crippen LogP contribution >= 0.6 is 0 Å². The molecule has 0 amide bonds. The average molecular weight is 262 g/mol. The minimum Gasteiger partial charge on any atom is -0.454 e. The third-order valence-corrected chi connectivity index (χ3v) is 3.91. The number of nitrogens with one attached hydrogen (secondary N) is 1. The molecule has 4 nitrogen and oxygen atoms in total. The second kappa shape index (κ2) is 5.39. The Balaban J connectivity index is 1.66. The summed E-state index contributed by atoms with van der Waals surface area (Å²) in [5, 5.41) is 3.40. The topological polar surface area (TPSA) is 33.7 Å². The molecule has 1 unspecified atom stereocenters. The average Bonchev–Trinajstić information content (AvgIpc) is 3.09. The van der Waals surface area contributed by atoms with Crippen molar-refractivity contribution in [2.75, 3.05) is 34.0 Å². The Hall–Kier alpha value is -1.26. The van der Waals surface area contributed by atoms with Gasteiger partial charge in [0.05, 0.1) is 0 Å². The zero-order valence-electron chi connectivity index (χ0n) is 11.7. The molecule has 4 heteroatoms. The van der Waals surface area contributed by atoms with Gasteiger partial charge in [-0.3, -0.25) is 0 Å². The Kier molecular flexibility index (Phi) is 3.62. The van der Waals surface area contributed by atoms with Gasteiger partial charge in [-0.05, 0) is 50.6 Å². The Morgan fingerprint density at radius 2 is 2.11 bits per heavy atom. The van der Waals surface area contributed by atoms with E-state index in [9.17, 15) is 0 Å². The van der Waals surface area contributed by atoms with Gasteiger partial charge in [0.1, 0.15) is 0 Å². The number of fused-ring (bicyclic) bond motifs is 1. The molecule has 0 bridgehead atoms. The predicted octanol–water partition coefficient (Wildman–Crippen LogP) is 2.02. The molecule has 104 valence electrons. The van der Waals surface area contributed by atoms with E-state index < -0.39 is 0 Å². The lowest BCUT2D eigenvalue weighted by Crippen LogP contribution is -2.32. The van der Waals surface area contributed by atoms with Gasteiger partial charge in [-0.25, -0.2) is 0 Å². The highest BCUT2D eigenvalue weighted by Gasteiger charge is 2.24. The van der Waals surface area contributed by atoms with Crippen molar-refractivity contribution < 1.29 is 9.47 Å². The summed E-state index contributed by atoms with van der Waals surface area (Å²) in [6, 6.07) is 6.55. The smallest absolute Gasteiger partial charge is 0.231 e. The van der Waals surface area contributed by atoms with E-state index in [1.165, 1.54) is 24.9 Å². The van der Waals surface area contributed by atoms with E-state index in [1.807, 2.05) is 13.1 Å². The van der Waals surface area contributed by atoms with Crippen LogP contribution in [0.25, 0.3) is 0 Å². The standard InChI is InChI=1S/C15H22N2O2/c1-16-13(9-17(2)8-11-3-4-11)12-5-6-14-15(7-12)19-10-18-14/h5-7,11,13,16H,3-4,8-10H2,1-2H3. The molecule has 3 rings (SSSR count). The molecular formula is C15H22N2O2. The fourth-order valence-electron chi connectivity index (χ4n) is 2.62. The zero-order valence-corrected chi connectivity index (χ0v) is 11.7. The second-order valence-electron chi connectivity index (χ2n) is 5.62. The third-order valence-electron chi connectivity index (χ3n) is 3.91. The number of hydrogen-bond acceptors (Lipinski definition) is 4. The molecule has 0 spiro atoms. The van der Waals surface area contributed by atoms with Crippen LogP contribution in [0.2, 0.25) is 0 Å². The summed E-state index contributed by atoms with van der Waals surface area (Å²) in [7, 11) is 4.22. The maximum absolute atomic E-state index is 5.45. The highest BCUT2D eigenvalue weighted by atomic mass is 16.7. The monoisotopic (exact) mass is 262 g/mol. The molecule has 1 aliphatic heterocycles. The van der Waals surface area contributed by atoms with Crippen LogP contribution in [0.3, 0.4) is 0 Å². The van der Waals surface area contributed by atoms with Gasteiger partial charge in [0.15, 0.2) is 11.5 Å². The van der Waals surface area contributed by atoms with Crippen molar-refractivity contribution in [3.63, 3.8) is 0 Å². The van der Waals surface area contributed by atoms with Crippen molar-refractivity contribution in [2.24, 2.45) is 5.92 Å². The zero-order chi connectivity index (χ0) is 13.2. The maximum Gasteiger partial charge on any atom is 0.231 e. The number of likely N-dealkylation sites (N-methyl/N-ethyl adjacent to an activating group) is 2. The quantitative estimate of drug-likeness (QED) is 0.850. The largest absolute Gasteiger partial charge is 0.454 e. The molecule has 1 aliphatic carbocycles. The first kappa shape index (κ1) is 12.8. The molecule has 1 N–H and O–H groups in total. The van der Waals surface area contributed by atoms with Crippen LogP contribution in [-0.2, 0) is 0 Å². The molecule has 1 saturated carbocycles. The molecule has 0 radical (unpaired) electrons. The fourth-order valence-corrected chi connectivity index (χ4v) is 2.62. The Bertz CT molecular complexity index is 446. The summed E-state index contributed by atoms with van der Waals surface area (Å²) in [6.45, 7) is 2.57. The number of hydrogen-bond donors (Lipinski definition) is 1. The van der Waals surface area contributed by atoms with Gasteiger partial charge in [0.25, 0.3) is 0 Å². The van der Waals surface area contributed by atoms with Crippen molar-refractivity contribution >= 4 is 0 Å². The molecule has 1 aromatic carbocycles. The van der Waals surface area contributed by atoms with Gasteiger partial charge < -0.3 is 19.7 Å². The molecule has 1 heterocycles. The summed E-state index contributed by atoms with van der Waals surface area (Å²) >= 11 is 0. The maximum atomic E-state index is 5.45. The van der Waals surface area contributed by atoms with Crippen molar-refractivity contribution in [3.05, 3.63) is 23.8 Å². The lowest BCUT2D eigenvalue weighted by molar-refractivity contribution is 0.174. The van der Waals surface area contributed by atoms with Crippen LogP contribution in [0.5, 0.6) is 11.5 Å². The van der Waals surface area contributed by atoms with E-state index in [0.717, 1.165) is 24.0 Å². The summed E-state index contributed by atoms with van der Waals surface area (Å²) in [5.74, 6) is 2.65. The molecule has 1 fully saturated rings. The van der Waals surface area contributed by atoms with E-state index in [0.29, 0.717) is 12.8 Å². The van der Waals surface area contributed by atoms with Crippen molar-refractivity contribution in [1.82, 2.24) is 10.2 Å². The van der Waals surface area contributed by atoms with Crippen molar-refractivity contribution in [3.8, 4) is 11.5 Å². The van der Waals surface area contributed by atoms with Crippen LogP contribution in [-0.4, -0.2) is 38.9 Å². The van der Waals surface area contributed by atoms with Crippen LogP contribution in [0.4, 0.5) is 0 Å². The van der Waals surface area contributed by atoms with Crippen LogP contribution < -0.4 is 14.8 Å². The van der Waals surface area contributed by atoms with Crippen LogP contribution in [0, 0.1) is 5.92 Å². The van der Waals surface area contributed by atoms with Gasteiger partial charge in [-0.2, -0.15) is 0 Å². The Labute approximate surface area is 114 Å². The van der Waals surface area contributed by atoms with E-state index in [-0.39, 0.29) is 0 Å². The van der Waals surface area contributed by atoms with Crippen LogP contribution in [0.15, 0.2) is 18.2 Å². The molecule has 2 aliphatic rings. The first-order valence-electron chi connectivity index (χ1n) is 7.01. The van der Waals surface area contributed by atoms with Gasteiger partial charge >= 0.3 is 0 Å². The molecular weight excluding hydrogens is 240 g/mol. The Morgan fingerprint density at radius 1 is 1.32 bits per heavy atom. The molecule has 1 aromatic rings. The minimum absolute atomic E-state index is 0.332. The van der Waals surface area contributed by atoms with Gasteiger partial charge in [0.2, 0.25) is 6.79 Å². The molecule has 0 aromatic heterocycles. The number of rotatable bonds is 6. The third kappa shape index (κ3) is 3.01. The van der Waals surface area contributed by atoms with E-state index >= 15 is 0 Å². The summed E-state index contributed by atoms with van der Waals surface area (Å²) in [4.78, 5) is 2.42. The van der Waals surface area contributed by atoms with Crippen molar-refractivity contribution in [2.45, 2.75) is 18.9 Å². The summed E-state index contributed by atoms with van der Waals surface area (Å²) in [5.41, 5.74) is 1.26. The van der Waals surface area contributed by atoms with Gasteiger partial charge in [-0.1, -0.05) is 6.07 Å². The number of ether oxygens (including phenoxy) is 2. The first-order valence-corrected chi connectivity index (χ1v) is 7.01. The molecule has 1 atom stereocenters. The highest BCUT2D eigenvalue weighted by molar-refractivity contribution is 5.45. The van der Waals surface area contributed by atoms with E-state index in [4.69, 9.17) is 9.47 Å².